The molecule has 1 N–H and O–H groups in total. The lowest BCUT2D eigenvalue weighted by atomic mass is 10.0. The van der Waals surface area contributed by atoms with E-state index in [4.69, 9.17) is 0 Å². The van der Waals surface area contributed by atoms with Gasteiger partial charge in [-0.15, -0.1) is 0 Å². The van der Waals surface area contributed by atoms with Crippen LogP contribution in [-0.2, 0) is 6.54 Å². The van der Waals surface area contributed by atoms with Crippen LogP contribution in [0.2, 0.25) is 0 Å². The first-order valence-corrected chi connectivity index (χ1v) is 7.72. The zero-order valence-corrected chi connectivity index (χ0v) is 13.0. The van der Waals surface area contributed by atoms with Crippen molar-refractivity contribution < 1.29 is 0 Å². The predicted molar refractivity (Wildman–Crippen MR) is 82.6 cm³/mol. The second-order valence-corrected chi connectivity index (χ2v) is 5.08. The van der Waals surface area contributed by atoms with Crippen LogP contribution in [0.1, 0.15) is 40.5 Å². The van der Waals surface area contributed by atoms with Gasteiger partial charge in [0.05, 0.1) is 18.4 Å². The molecule has 19 heavy (non-hydrogen) atoms. The fourth-order valence-electron chi connectivity index (χ4n) is 2.20. The lowest BCUT2D eigenvalue weighted by Crippen LogP contribution is -2.27. The molecule has 1 heterocycles. The highest BCUT2D eigenvalue weighted by Crippen LogP contribution is 2.11. The highest BCUT2D eigenvalue weighted by atomic mass is 15.3. The van der Waals surface area contributed by atoms with Crippen LogP contribution < -0.4 is 5.32 Å². The third-order valence-electron chi connectivity index (χ3n) is 3.92. The Morgan fingerprint density at radius 2 is 1.89 bits per heavy atom. The SMILES string of the molecule is CCC(CC)CNc1cnn(CCN(CC)CC)c1. The molecule has 0 fully saturated rings. The van der Waals surface area contributed by atoms with Gasteiger partial charge < -0.3 is 10.2 Å². The first-order valence-electron chi connectivity index (χ1n) is 7.72. The maximum absolute atomic E-state index is 4.41. The predicted octanol–water partition coefficient (Wildman–Crippen LogP) is 3.07. The van der Waals surface area contributed by atoms with Crippen LogP contribution in [0.4, 0.5) is 5.69 Å². The molecule has 0 bridgehead atoms. The second-order valence-electron chi connectivity index (χ2n) is 5.08. The van der Waals surface area contributed by atoms with Crippen LogP contribution in [0.3, 0.4) is 0 Å². The molecular formula is C15H30N4. The van der Waals surface area contributed by atoms with E-state index in [-0.39, 0.29) is 0 Å². The summed E-state index contributed by atoms with van der Waals surface area (Å²) in [7, 11) is 0. The van der Waals surface area contributed by atoms with Crippen LogP contribution in [0, 0.1) is 5.92 Å². The van der Waals surface area contributed by atoms with Crippen LogP contribution in [-0.4, -0.2) is 40.9 Å². The topological polar surface area (TPSA) is 33.1 Å². The Morgan fingerprint density at radius 3 is 2.47 bits per heavy atom. The second kappa shape index (κ2) is 8.97. The van der Waals surface area contributed by atoms with Gasteiger partial charge >= 0.3 is 0 Å². The number of hydrogen-bond acceptors (Lipinski definition) is 3. The van der Waals surface area contributed by atoms with Crippen molar-refractivity contribution in [3.63, 3.8) is 0 Å². The summed E-state index contributed by atoms with van der Waals surface area (Å²) in [5.41, 5.74) is 1.14. The molecule has 4 heteroatoms. The summed E-state index contributed by atoms with van der Waals surface area (Å²) in [5, 5.41) is 7.90. The molecule has 0 aromatic carbocycles. The van der Waals surface area contributed by atoms with Crippen molar-refractivity contribution in [2.75, 3.05) is 31.5 Å². The monoisotopic (exact) mass is 266 g/mol. The minimum atomic E-state index is 0.763. The average molecular weight is 266 g/mol. The fraction of sp³-hybridized carbons (Fsp3) is 0.800. The van der Waals surface area contributed by atoms with Crippen molar-refractivity contribution in [2.45, 2.75) is 47.1 Å². The Morgan fingerprint density at radius 1 is 1.21 bits per heavy atom. The first-order chi connectivity index (χ1) is 9.23. The van der Waals surface area contributed by atoms with E-state index < -0.39 is 0 Å². The number of aromatic nitrogens is 2. The highest BCUT2D eigenvalue weighted by molar-refractivity contribution is 5.37. The minimum Gasteiger partial charge on any atom is -0.382 e. The first kappa shape index (κ1) is 16.0. The minimum absolute atomic E-state index is 0.763. The zero-order valence-electron chi connectivity index (χ0n) is 13.0. The summed E-state index contributed by atoms with van der Waals surface area (Å²) in [6.07, 6.45) is 6.52. The zero-order chi connectivity index (χ0) is 14.1. The molecule has 1 aromatic rings. The van der Waals surface area contributed by atoms with E-state index in [1.807, 2.05) is 10.9 Å². The molecule has 0 saturated heterocycles. The number of hydrogen-bond donors (Lipinski definition) is 1. The molecule has 0 radical (unpaired) electrons. The number of nitrogens with one attached hydrogen (secondary N) is 1. The lowest BCUT2D eigenvalue weighted by molar-refractivity contribution is 0.285. The number of likely N-dealkylation sites (N-methyl/N-ethyl adjacent to an activating group) is 1. The third kappa shape index (κ3) is 5.64. The molecule has 0 aliphatic carbocycles. The van der Waals surface area contributed by atoms with E-state index in [0.717, 1.165) is 44.3 Å². The van der Waals surface area contributed by atoms with Crippen molar-refractivity contribution in [3.8, 4) is 0 Å². The van der Waals surface area contributed by atoms with Gasteiger partial charge in [-0.3, -0.25) is 4.68 Å². The number of nitrogens with zero attached hydrogens (tertiary/aromatic N) is 3. The molecule has 0 spiro atoms. The summed E-state index contributed by atoms with van der Waals surface area (Å²) in [4.78, 5) is 2.42. The summed E-state index contributed by atoms with van der Waals surface area (Å²) in [5.74, 6) is 0.763. The standard InChI is InChI=1S/C15H30N4/c1-5-14(6-2)11-16-15-12-17-19(13-15)10-9-18(7-3)8-4/h12-14,16H,5-11H2,1-4H3. The smallest absolute Gasteiger partial charge is 0.0726 e. The molecular weight excluding hydrogens is 236 g/mol. The van der Waals surface area contributed by atoms with Gasteiger partial charge in [0.15, 0.2) is 0 Å². The van der Waals surface area contributed by atoms with Gasteiger partial charge in [0.1, 0.15) is 0 Å². The average Bonchev–Trinajstić information content (AvgIpc) is 2.89. The van der Waals surface area contributed by atoms with Crippen LogP contribution in [0.5, 0.6) is 0 Å². The molecule has 1 rings (SSSR count). The molecule has 0 atom stereocenters. The van der Waals surface area contributed by atoms with Crippen LogP contribution in [0.25, 0.3) is 0 Å². The lowest BCUT2D eigenvalue weighted by Gasteiger charge is -2.17. The summed E-state index contributed by atoms with van der Waals surface area (Å²) in [6, 6.07) is 0. The summed E-state index contributed by atoms with van der Waals surface area (Å²) < 4.78 is 2.04. The Kier molecular flexibility index (Phi) is 7.56. The van der Waals surface area contributed by atoms with Crippen LogP contribution >= 0.6 is 0 Å². The van der Waals surface area contributed by atoms with E-state index in [0.29, 0.717) is 0 Å². The third-order valence-corrected chi connectivity index (χ3v) is 3.92. The van der Waals surface area contributed by atoms with Crippen molar-refractivity contribution in [1.82, 2.24) is 14.7 Å². The molecule has 0 amide bonds. The Labute approximate surface area is 118 Å². The maximum atomic E-state index is 4.41. The quantitative estimate of drug-likeness (QED) is 0.706. The van der Waals surface area contributed by atoms with E-state index >= 15 is 0 Å². The number of anilines is 1. The van der Waals surface area contributed by atoms with E-state index in [2.05, 4.69) is 49.2 Å². The van der Waals surface area contributed by atoms with Crippen molar-refractivity contribution in [2.24, 2.45) is 5.92 Å². The molecule has 1 aromatic heterocycles. The van der Waals surface area contributed by atoms with Gasteiger partial charge in [-0.05, 0) is 19.0 Å². The molecule has 0 aliphatic rings. The fourth-order valence-corrected chi connectivity index (χ4v) is 2.20. The van der Waals surface area contributed by atoms with Gasteiger partial charge in [-0.2, -0.15) is 5.10 Å². The molecule has 0 saturated carbocycles. The van der Waals surface area contributed by atoms with Crippen molar-refractivity contribution in [1.29, 1.82) is 0 Å². The molecule has 0 unspecified atom stereocenters. The van der Waals surface area contributed by atoms with Gasteiger partial charge in [-0.1, -0.05) is 40.5 Å². The van der Waals surface area contributed by atoms with Gasteiger partial charge in [0.2, 0.25) is 0 Å². The Hall–Kier alpha value is -1.03. The Bertz CT molecular complexity index is 296. The van der Waals surface area contributed by atoms with E-state index in [9.17, 15) is 0 Å². The molecule has 110 valence electrons. The normalized spacial score (nSPS) is 11.5. The van der Waals surface area contributed by atoms with Crippen molar-refractivity contribution in [3.05, 3.63) is 12.4 Å². The van der Waals surface area contributed by atoms with Crippen molar-refractivity contribution >= 4 is 5.69 Å². The number of rotatable bonds is 10. The van der Waals surface area contributed by atoms with Gasteiger partial charge in [-0.25, -0.2) is 0 Å². The van der Waals surface area contributed by atoms with Gasteiger partial charge in [0.25, 0.3) is 0 Å². The van der Waals surface area contributed by atoms with Crippen LogP contribution in [0.15, 0.2) is 12.4 Å². The maximum Gasteiger partial charge on any atom is 0.0726 e. The highest BCUT2D eigenvalue weighted by Gasteiger charge is 2.05. The van der Waals surface area contributed by atoms with E-state index in [1.54, 1.807) is 0 Å². The van der Waals surface area contributed by atoms with E-state index in [1.165, 1.54) is 12.8 Å². The van der Waals surface area contributed by atoms with Gasteiger partial charge in [0, 0.05) is 19.3 Å². The summed E-state index contributed by atoms with van der Waals surface area (Å²) >= 11 is 0. The Balaban J connectivity index is 2.35. The largest absolute Gasteiger partial charge is 0.382 e. The molecule has 0 aliphatic heterocycles. The summed E-state index contributed by atoms with van der Waals surface area (Å²) in [6.45, 7) is 14.2. The molecule has 4 nitrogen and oxygen atoms in total.